The molecule has 1 aliphatic rings. The highest BCUT2D eigenvalue weighted by molar-refractivity contribution is 8.03. The number of aryl methyl sites for hydroxylation is 1. The monoisotopic (exact) mass is 218 g/mol. The van der Waals surface area contributed by atoms with Gasteiger partial charge < -0.3 is 0 Å². The largest absolute Gasteiger partial charge is 0.289 e. The van der Waals surface area contributed by atoms with Gasteiger partial charge in [0.05, 0.1) is 4.91 Å². The Kier molecular flexibility index (Phi) is 2.49. The molecule has 0 fully saturated rings. The highest BCUT2D eigenvalue weighted by atomic mass is 32.2. The molecule has 0 atom stereocenters. The van der Waals surface area contributed by atoms with Crippen LogP contribution in [0.2, 0.25) is 0 Å². The summed E-state index contributed by atoms with van der Waals surface area (Å²) in [6, 6.07) is 5.35. The number of thioether (sulfide) groups is 1. The van der Waals surface area contributed by atoms with E-state index in [-0.39, 0.29) is 11.6 Å². The lowest BCUT2D eigenvalue weighted by Gasteiger charge is -2.13. The van der Waals surface area contributed by atoms with Gasteiger partial charge in [-0.05, 0) is 19.2 Å². The molecule has 0 saturated carbocycles. The highest BCUT2D eigenvalue weighted by Gasteiger charge is 2.24. The molecule has 76 valence electrons. The van der Waals surface area contributed by atoms with E-state index >= 15 is 0 Å². The first kappa shape index (κ1) is 10.2. The zero-order chi connectivity index (χ0) is 11.0. The van der Waals surface area contributed by atoms with Crippen molar-refractivity contribution >= 4 is 23.3 Å². The standard InChI is InChI=1S/C12H10O2S/c1-7-3-4-8-9(5-7)10(13)6-11(15-2)12(8)14/h3-6H,1-2H3. The molecule has 0 radical (unpaired) electrons. The molecule has 0 heterocycles. The van der Waals surface area contributed by atoms with Crippen molar-refractivity contribution in [1.29, 1.82) is 0 Å². The van der Waals surface area contributed by atoms with Gasteiger partial charge in [-0.25, -0.2) is 0 Å². The van der Waals surface area contributed by atoms with E-state index in [2.05, 4.69) is 0 Å². The topological polar surface area (TPSA) is 34.1 Å². The lowest BCUT2D eigenvalue weighted by Crippen LogP contribution is -2.15. The summed E-state index contributed by atoms with van der Waals surface area (Å²) in [6.45, 7) is 1.91. The number of hydrogen-bond donors (Lipinski definition) is 0. The predicted octanol–water partition coefficient (Wildman–Crippen LogP) is 2.62. The summed E-state index contributed by atoms with van der Waals surface area (Å²) in [4.78, 5) is 24.1. The molecule has 0 spiro atoms. The molecule has 2 nitrogen and oxygen atoms in total. The first-order valence-corrected chi connectivity index (χ1v) is 5.81. The van der Waals surface area contributed by atoms with Gasteiger partial charge in [0.15, 0.2) is 11.6 Å². The van der Waals surface area contributed by atoms with E-state index in [1.54, 1.807) is 18.4 Å². The SMILES string of the molecule is CSC1=CC(=O)c2cc(C)ccc2C1=O. The average molecular weight is 218 g/mol. The minimum atomic E-state index is -0.0716. The van der Waals surface area contributed by atoms with Gasteiger partial charge in [0, 0.05) is 17.2 Å². The quantitative estimate of drug-likeness (QED) is 0.726. The van der Waals surface area contributed by atoms with Crippen molar-refractivity contribution in [3.8, 4) is 0 Å². The molecule has 0 amide bonds. The summed E-state index contributed by atoms with van der Waals surface area (Å²) in [5.74, 6) is -0.116. The van der Waals surface area contributed by atoms with Gasteiger partial charge >= 0.3 is 0 Å². The maximum atomic E-state index is 11.9. The van der Waals surface area contributed by atoms with Crippen LogP contribution in [-0.4, -0.2) is 17.8 Å². The third kappa shape index (κ3) is 1.63. The van der Waals surface area contributed by atoms with Crippen molar-refractivity contribution < 1.29 is 9.59 Å². The minimum Gasteiger partial charge on any atom is -0.289 e. The smallest absolute Gasteiger partial charge is 0.200 e. The molecule has 1 aromatic rings. The number of carbonyl (C=O) groups is 2. The molecule has 0 unspecified atom stereocenters. The van der Waals surface area contributed by atoms with E-state index in [9.17, 15) is 9.59 Å². The van der Waals surface area contributed by atoms with Crippen molar-refractivity contribution in [3.05, 3.63) is 45.9 Å². The first-order chi connectivity index (χ1) is 7.13. The Bertz CT molecular complexity index is 486. The normalized spacial score (nSPS) is 14.9. The van der Waals surface area contributed by atoms with Gasteiger partial charge in [-0.15, -0.1) is 11.8 Å². The van der Waals surface area contributed by atoms with Gasteiger partial charge in [-0.3, -0.25) is 9.59 Å². The number of hydrogen-bond acceptors (Lipinski definition) is 3. The molecule has 0 saturated heterocycles. The van der Waals surface area contributed by atoms with Crippen LogP contribution in [-0.2, 0) is 0 Å². The first-order valence-electron chi connectivity index (χ1n) is 4.59. The lowest BCUT2D eigenvalue weighted by molar-refractivity contribution is 0.0991. The average Bonchev–Trinajstić information content (AvgIpc) is 2.23. The Morgan fingerprint density at radius 1 is 1.13 bits per heavy atom. The van der Waals surface area contributed by atoms with Crippen LogP contribution in [0, 0.1) is 6.92 Å². The molecule has 2 rings (SSSR count). The molecule has 0 bridgehead atoms. The molecule has 1 aliphatic carbocycles. The highest BCUT2D eigenvalue weighted by Crippen LogP contribution is 2.27. The number of rotatable bonds is 1. The van der Waals surface area contributed by atoms with E-state index in [0.717, 1.165) is 5.56 Å². The molecule has 3 heteroatoms. The van der Waals surface area contributed by atoms with Gasteiger partial charge in [-0.1, -0.05) is 17.7 Å². The molecule has 0 N–H and O–H groups in total. The second-order valence-electron chi connectivity index (χ2n) is 3.46. The zero-order valence-electron chi connectivity index (χ0n) is 8.53. The van der Waals surface area contributed by atoms with Gasteiger partial charge in [0.25, 0.3) is 0 Å². The summed E-state index contributed by atoms with van der Waals surface area (Å²) < 4.78 is 0. The van der Waals surface area contributed by atoms with Crippen LogP contribution in [0.15, 0.2) is 29.2 Å². The van der Waals surface area contributed by atoms with E-state index in [0.29, 0.717) is 16.0 Å². The Hall–Kier alpha value is -1.35. The molecule has 15 heavy (non-hydrogen) atoms. The van der Waals surface area contributed by atoms with Gasteiger partial charge in [0.1, 0.15) is 0 Å². The van der Waals surface area contributed by atoms with E-state index in [1.165, 1.54) is 17.8 Å². The van der Waals surface area contributed by atoms with Gasteiger partial charge in [-0.2, -0.15) is 0 Å². The van der Waals surface area contributed by atoms with Crippen LogP contribution in [0.3, 0.4) is 0 Å². The van der Waals surface area contributed by atoms with E-state index < -0.39 is 0 Å². The van der Waals surface area contributed by atoms with Crippen LogP contribution < -0.4 is 0 Å². The van der Waals surface area contributed by atoms with Gasteiger partial charge in [0.2, 0.25) is 0 Å². The third-order valence-electron chi connectivity index (χ3n) is 2.39. The van der Waals surface area contributed by atoms with Crippen molar-refractivity contribution in [2.75, 3.05) is 6.26 Å². The van der Waals surface area contributed by atoms with Crippen molar-refractivity contribution in [2.45, 2.75) is 6.92 Å². The summed E-state index contributed by atoms with van der Waals surface area (Å²) in [5.41, 5.74) is 2.05. The maximum absolute atomic E-state index is 11.9. The summed E-state index contributed by atoms with van der Waals surface area (Å²) in [5, 5.41) is 0. The molecular weight excluding hydrogens is 208 g/mol. The van der Waals surface area contributed by atoms with Crippen LogP contribution in [0.5, 0.6) is 0 Å². The van der Waals surface area contributed by atoms with Crippen LogP contribution in [0.4, 0.5) is 0 Å². The zero-order valence-corrected chi connectivity index (χ0v) is 9.35. The number of benzene rings is 1. The third-order valence-corrected chi connectivity index (χ3v) is 3.13. The molecule has 0 aromatic heterocycles. The number of Topliss-reactive ketones (excluding diaryl/α,β-unsaturated/α-hetero) is 1. The van der Waals surface area contributed by atoms with E-state index in [4.69, 9.17) is 0 Å². The molecule has 0 aliphatic heterocycles. The Morgan fingerprint density at radius 3 is 2.53 bits per heavy atom. The fourth-order valence-corrected chi connectivity index (χ4v) is 2.13. The lowest BCUT2D eigenvalue weighted by atomic mass is 9.93. The van der Waals surface area contributed by atoms with Crippen molar-refractivity contribution in [2.24, 2.45) is 0 Å². The van der Waals surface area contributed by atoms with Crippen LogP contribution in [0.25, 0.3) is 0 Å². The fourth-order valence-electron chi connectivity index (χ4n) is 1.61. The van der Waals surface area contributed by atoms with E-state index in [1.807, 2.05) is 13.0 Å². The second kappa shape index (κ2) is 3.66. The maximum Gasteiger partial charge on any atom is 0.200 e. The van der Waals surface area contributed by atoms with Crippen molar-refractivity contribution in [3.63, 3.8) is 0 Å². The summed E-state index contributed by atoms with van der Waals surface area (Å²) in [6.07, 6.45) is 3.23. The Labute approximate surface area is 92.4 Å². The number of ketones is 2. The van der Waals surface area contributed by atoms with Crippen molar-refractivity contribution in [1.82, 2.24) is 0 Å². The predicted molar refractivity (Wildman–Crippen MR) is 61.4 cm³/mol. The number of fused-ring (bicyclic) bond motifs is 1. The fraction of sp³-hybridized carbons (Fsp3) is 0.167. The number of allylic oxidation sites excluding steroid dienone is 2. The Balaban J connectivity index is 2.62. The molecule has 1 aromatic carbocycles. The minimum absolute atomic E-state index is 0.0444. The molecular formula is C12H10O2S. The van der Waals surface area contributed by atoms with Crippen LogP contribution >= 0.6 is 11.8 Å². The Morgan fingerprint density at radius 2 is 1.87 bits per heavy atom. The van der Waals surface area contributed by atoms with Crippen LogP contribution in [0.1, 0.15) is 26.3 Å². The summed E-state index contributed by atoms with van der Waals surface area (Å²) in [7, 11) is 0. The number of carbonyl (C=O) groups excluding carboxylic acids is 2. The summed E-state index contributed by atoms with van der Waals surface area (Å²) >= 11 is 1.32. The second-order valence-corrected chi connectivity index (χ2v) is 4.30.